The lowest BCUT2D eigenvalue weighted by molar-refractivity contribution is -0.140. The summed E-state index contributed by atoms with van der Waals surface area (Å²) in [5.41, 5.74) is 1.96. The summed E-state index contributed by atoms with van der Waals surface area (Å²) in [6.07, 6.45) is 0.323. The number of sulfonamides is 1. The predicted molar refractivity (Wildman–Crippen MR) is 162 cm³/mol. The van der Waals surface area contributed by atoms with Crippen molar-refractivity contribution in [3.8, 4) is 5.75 Å². The molecule has 0 heterocycles. The van der Waals surface area contributed by atoms with Gasteiger partial charge in [0.25, 0.3) is 10.0 Å². The van der Waals surface area contributed by atoms with E-state index in [0.717, 1.165) is 27.6 Å². The highest BCUT2D eigenvalue weighted by Crippen LogP contribution is 2.26. The number of benzene rings is 3. The molecule has 226 valence electrons. The van der Waals surface area contributed by atoms with E-state index >= 15 is 0 Å². The molecule has 0 saturated heterocycles. The molecule has 0 aromatic heterocycles. The van der Waals surface area contributed by atoms with Crippen molar-refractivity contribution in [2.75, 3.05) is 24.0 Å². The summed E-state index contributed by atoms with van der Waals surface area (Å²) in [6, 6.07) is 17.5. The van der Waals surface area contributed by atoms with Crippen molar-refractivity contribution in [1.29, 1.82) is 0 Å². The molecule has 42 heavy (non-hydrogen) atoms. The van der Waals surface area contributed by atoms with Crippen LogP contribution < -0.4 is 14.4 Å². The Morgan fingerprint density at radius 2 is 1.55 bits per heavy atom. The van der Waals surface area contributed by atoms with Gasteiger partial charge >= 0.3 is 0 Å². The molecular formula is C32H40FN3O5S. The first kappa shape index (κ1) is 32.6. The number of aryl methyl sites for hydroxylation is 1. The molecular weight excluding hydrogens is 557 g/mol. The third kappa shape index (κ3) is 8.55. The average molecular weight is 598 g/mol. The molecule has 0 aliphatic heterocycles. The Morgan fingerprint density at radius 3 is 2.10 bits per heavy atom. The van der Waals surface area contributed by atoms with Crippen molar-refractivity contribution in [1.82, 2.24) is 10.2 Å². The van der Waals surface area contributed by atoms with Crippen LogP contribution in [-0.4, -0.2) is 50.9 Å². The molecule has 0 fully saturated rings. The number of carbonyl (C=O) groups excluding carboxylic acids is 2. The Hall–Kier alpha value is -3.92. The van der Waals surface area contributed by atoms with Crippen molar-refractivity contribution in [3.05, 3.63) is 89.7 Å². The zero-order valence-electron chi connectivity index (χ0n) is 24.8. The molecule has 8 nitrogen and oxygen atoms in total. The van der Waals surface area contributed by atoms with Gasteiger partial charge in [-0.15, -0.1) is 0 Å². The van der Waals surface area contributed by atoms with Crippen LogP contribution in [0.15, 0.2) is 77.7 Å². The summed E-state index contributed by atoms with van der Waals surface area (Å²) in [7, 11) is -4.27. The molecule has 3 aromatic rings. The molecule has 2 amide bonds. The normalized spacial score (nSPS) is 12.1. The van der Waals surface area contributed by atoms with E-state index < -0.39 is 34.3 Å². The minimum absolute atomic E-state index is 0.0603. The van der Waals surface area contributed by atoms with Gasteiger partial charge in [-0.25, -0.2) is 12.8 Å². The molecule has 0 aliphatic carbocycles. The summed E-state index contributed by atoms with van der Waals surface area (Å²) in [6.45, 7) is 9.90. The first-order valence-corrected chi connectivity index (χ1v) is 15.5. The van der Waals surface area contributed by atoms with Crippen molar-refractivity contribution < 1.29 is 27.1 Å². The Bertz CT molecular complexity index is 1430. The first-order valence-electron chi connectivity index (χ1n) is 14.1. The van der Waals surface area contributed by atoms with Crippen LogP contribution in [0, 0.1) is 18.7 Å². The molecule has 1 N–H and O–H groups in total. The number of hydrogen-bond donors (Lipinski definition) is 1. The molecule has 0 bridgehead atoms. The van der Waals surface area contributed by atoms with Crippen LogP contribution >= 0.6 is 0 Å². The number of halogens is 1. The first-order chi connectivity index (χ1) is 20.0. The Labute approximate surface area is 248 Å². The van der Waals surface area contributed by atoms with E-state index in [9.17, 15) is 22.4 Å². The minimum Gasteiger partial charge on any atom is -0.494 e. The number of rotatable bonds is 14. The second-order valence-electron chi connectivity index (χ2n) is 10.5. The number of nitrogens with one attached hydrogen (secondary N) is 1. The Kier molecular flexibility index (Phi) is 11.5. The van der Waals surface area contributed by atoms with E-state index in [4.69, 9.17) is 4.74 Å². The van der Waals surface area contributed by atoms with Gasteiger partial charge in [0.1, 0.15) is 24.2 Å². The quantitative estimate of drug-likeness (QED) is 0.272. The molecule has 3 rings (SSSR count). The van der Waals surface area contributed by atoms with Crippen LogP contribution in [0.2, 0.25) is 0 Å². The maximum atomic E-state index is 14.1. The average Bonchev–Trinajstić information content (AvgIpc) is 2.96. The number of carbonyl (C=O) groups is 2. The number of nitrogens with zero attached hydrogens (tertiary/aromatic N) is 2. The Balaban J connectivity index is 2.03. The van der Waals surface area contributed by atoms with Crippen LogP contribution in [0.4, 0.5) is 10.1 Å². The van der Waals surface area contributed by atoms with E-state index in [1.807, 2.05) is 58.9 Å². The highest BCUT2D eigenvalue weighted by Gasteiger charge is 2.33. The van der Waals surface area contributed by atoms with Gasteiger partial charge in [-0.1, -0.05) is 50.6 Å². The highest BCUT2D eigenvalue weighted by molar-refractivity contribution is 7.92. The lowest BCUT2D eigenvalue weighted by atomic mass is 10.1. The zero-order valence-corrected chi connectivity index (χ0v) is 25.7. The smallest absolute Gasteiger partial charge is 0.264 e. The van der Waals surface area contributed by atoms with Crippen molar-refractivity contribution >= 4 is 27.5 Å². The molecule has 0 aliphatic rings. The highest BCUT2D eigenvalue weighted by atomic mass is 32.2. The summed E-state index contributed by atoms with van der Waals surface area (Å²) in [5.74, 6) is -0.711. The topological polar surface area (TPSA) is 96.0 Å². The zero-order chi connectivity index (χ0) is 30.9. The summed E-state index contributed by atoms with van der Waals surface area (Å²) < 4.78 is 48.1. The lowest BCUT2D eigenvalue weighted by Gasteiger charge is -2.33. The molecule has 1 atom stereocenters. The van der Waals surface area contributed by atoms with Gasteiger partial charge in [-0.05, 0) is 80.3 Å². The van der Waals surface area contributed by atoms with Gasteiger partial charge in [0.2, 0.25) is 11.8 Å². The third-order valence-electron chi connectivity index (χ3n) is 6.66. The van der Waals surface area contributed by atoms with Crippen LogP contribution in [0.5, 0.6) is 5.75 Å². The molecule has 10 heteroatoms. The van der Waals surface area contributed by atoms with Crippen LogP contribution in [0.3, 0.4) is 0 Å². The van der Waals surface area contributed by atoms with Gasteiger partial charge in [-0.3, -0.25) is 13.9 Å². The van der Waals surface area contributed by atoms with E-state index in [2.05, 4.69) is 5.32 Å². The van der Waals surface area contributed by atoms with Crippen LogP contribution in [0.1, 0.15) is 45.2 Å². The second kappa shape index (κ2) is 14.8. The van der Waals surface area contributed by atoms with E-state index in [0.29, 0.717) is 25.3 Å². The number of amides is 2. The maximum Gasteiger partial charge on any atom is 0.264 e. The van der Waals surface area contributed by atoms with E-state index in [1.54, 1.807) is 0 Å². The SMILES string of the molecule is CCOc1ccc(S(=O)(=O)N(CC(=O)N(Cc2ccc(C)cc2)[C@@H](CC)C(=O)NCC(C)C)c2ccc(F)cc2)cc1. The predicted octanol–water partition coefficient (Wildman–Crippen LogP) is 5.31. The molecule has 3 aromatic carbocycles. The largest absolute Gasteiger partial charge is 0.494 e. The fourth-order valence-corrected chi connectivity index (χ4v) is 5.78. The summed E-state index contributed by atoms with van der Waals surface area (Å²) in [5, 5.41) is 2.91. The number of hydrogen-bond acceptors (Lipinski definition) is 5. The van der Waals surface area contributed by atoms with Gasteiger partial charge in [-0.2, -0.15) is 0 Å². The fraction of sp³-hybridized carbons (Fsp3) is 0.375. The van der Waals surface area contributed by atoms with Crippen molar-refractivity contribution in [3.63, 3.8) is 0 Å². The number of ether oxygens (including phenoxy) is 1. The van der Waals surface area contributed by atoms with Gasteiger partial charge in [0.15, 0.2) is 0 Å². The molecule has 0 saturated carbocycles. The van der Waals surface area contributed by atoms with Crippen LogP contribution in [-0.2, 0) is 26.2 Å². The minimum atomic E-state index is -4.27. The second-order valence-corrected chi connectivity index (χ2v) is 12.3. The molecule has 0 unspecified atom stereocenters. The number of anilines is 1. The summed E-state index contributed by atoms with van der Waals surface area (Å²) in [4.78, 5) is 28.7. The van der Waals surface area contributed by atoms with Crippen LogP contribution in [0.25, 0.3) is 0 Å². The Morgan fingerprint density at radius 1 is 0.929 bits per heavy atom. The van der Waals surface area contributed by atoms with Gasteiger partial charge in [0.05, 0.1) is 17.2 Å². The fourth-order valence-electron chi connectivity index (χ4n) is 4.37. The summed E-state index contributed by atoms with van der Waals surface area (Å²) >= 11 is 0. The van der Waals surface area contributed by atoms with E-state index in [1.165, 1.54) is 41.3 Å². The van der Waals surface area contributed by atoms with Gasteiger partial charge < -0.3 is 15.0 Å². The molecule has 0 radical (unpaired) electrons. The van der Waals surface area contributed by atoms with Gasteiger partial charge in [0, 0.05) is 13.1 Å². The molecule has 0 spiro atoms. The van der Waals surface area contributed by atoms with Crippen molar-refractivity contribution in [2.45, 2.75) is 58.5 Å². The monoisotopic (exact) mass is 597 g/mol. The standard InChI is InChI=1S/C32H40FN3O5S/c1-6-30(32(38)34-20-23(3)4)35(21-25-10-8-24(5)9-11-25)31(37)22-36(27-14-12-26(33)13-15-27)42(39,40)29-18-16-28(17-19-29)41-7-2/h8-19,23,30H,6-7,20-22H2,1-5H3,(H,34,38)/t30-/m0/s1. The maximum absolute atomic E-state index is 14.1. The van der Waals surface area contributed by atoms with E-state index in [-0.39, 0.29) is 29.0 Å². The third-order valence-corrected chi connectivity index (χ3v) is 8.45. The van der Waals surface area contributed by atoms with Crippen molar-refractivity contribution in [2.24, 2.45) is 5.92 Å². The lowest BCUT2D eigenvalue weighted by Crippen LogP contribution is -2.52.